The second-order valence-electron chi connectivity index (χ2n) is 2.05. The van der Waals surface area contributed by atoms with E-state index in [0.717, 1.165) is 13.1 Å². The summed E-state index contributed by atoms with van der Waals surface area (Å²) in [6, 6.07) is -0.390. The minimum atomic E-state index is -0.776. The summed E-state index contributed by atoms with van der Waals surface area (Å²) in [4.78, 5) is 10.3. The van der Waals surface area contributed by atoms with Crippen LogP contribution in [0.4, 0.5) is 0 Å². The predicted octanol–water partition coefficient (Wildman–Crippen LogP) is -0.341. The molecular weight excluding hydrogens is 144 g/mol. The molecule has 0 radical (unpaired) electrons. The second kappa shape index (κ2) is 6.12. The molecule has 1 atom stereocenters. The molecule has 11 heavy (non-hydrogen) atoms. The van der Waals surface area contributed by atoms with E-state index >= 15 is 0 Å². The van der Waals surface area contributed by atoms with Crippen LogP contribution in [0, 0.1) is 0 Å². The van der Waals surface area contributed by atoms with Crippen molar-refractivity contribution in [3.63, 3.8) is 0 Å². The van der Waals surface area contributed by atoms with Gasteiger partial charge in [0, 0.05) is 19.6 Å². The number of rotatable bonds is 1. The molecule has 0 aromatic carbocycles. The van der Waals surface area contributed by atoms with Gasteiger partial charge >= 0.3 is 5.97 Å². The Bertz CT molecular complexity index is 111. The Hall–Kier alpha value is -0.610. The first-order valence-electron chi connectivity index (χ1n) is 3.97. The zero-order valence-corrected chi connectivity index (χ0v) is 7.05. The zero-order chi connectivity index (χ0) is 8.69. The van der Waals surface area contributed by atoms with Crippen molar-refractivity contribution in [2.45, 2.75) is 19.9 Å². The quantitative estimate of drug-likeness (QED) is 0.491. The SMILES string of the molecule is CC.O=C(O)C1CNCCN1. The summed E-state index contributed by atoms with van der Waals surface area (Å²) in [5, 5.41) is 14.3. The number of carboxylic acids is 1. The maximum Gasteiger partial charge on any atom is 0.322 e. The molecule has 1 aliphatic heterocycles. The van der Waals surface area contributed by atoms with Gasteiger partial charge in [-0.25, -0.2) is 0 Å². The highest BCUT2D eigenvalue weighted by Crippen LogP contribution is 1.84. The third-order valence-corrected chi connectivity index (χ3v) is 1.34. The van der Waals surface area contributed by atoms with Crippen molar-refractivity contribution in [3.8, 4) is 0 Å². The van der Waals surface area contributed by atoms with E-state index < -0.39 is 12.0 Å². The average Bonchev–Trinajstić information content (AvgIpc) is 2.10. The van der Waals surface area contributed by atoms with Crippen LogP contribution in [-0.2, 0) is 4.79 Å². The number of hydrogen-bond donors (Lipinski definition) is 3. The molecule has 3 N–H and O–H groups in total. The Kier molecular flexibility index (Phi) is 5.78. The van der Waals surface area contributed by atoms with Gasteiger partial charge in [0.05, 0.1) is 0 Å². The molecule has 0 aromatic heterocycles. The van der Waals surface area contributed by atoms with Crippen LogP contribution in [0.15, 0.2) is 0 Å². The lowest BCUT2D eigenvalue weighted by molar-refractivity contribution is -0.139. The third kappa shape index (κ3) is 3.95. The monoisotopic (exact) mass is 160 g/mol. The van der Waals surface area contributed by atoms with Crippen LogP contribution in [0.1, 0.15) is 13.8 Å². The Balaban J connectivity index is 0.000000461. The Labute approximate surface area is 67.0 Å². The largest absolute Gasteiger partial charge is 0.480 e. The van der Waals surface area contributed by atoms with Gasteiger partial charge in [-0.05, 0) is 0 Å². The molecule has 1 aliphatic rings. The van der Waals surface area contributed by atoms with Gasteiger partial charge in [0.2, 0.25) is 0 Å². The van der Waals surface area contributed by atoms with Crippen molar-refractivity contribution in [2.24, 2.45) is 0 Å². The van der Waals surface area contributed by atoms with Crippen molar-refractivity contribution in [1.82, 2.24) is 10.6 Å². The van der Waals surface area contributed by atoms with E-state index in [0.29, 0.717) is 6.54 Å². The molecule has 0 spiro atoms. The third-order valence-electron chi connectivity index (χ3n) is 1.34. The summed E-state index contributed by atoms with van der Waals surface area (Å²) >= 11 is 0. The normalized spacial score (nSPS) is 23.3. The minimum absolute atomic E-state index is 0.390. The second-order valence-corrected chi connectivity index (χ2v) is 2.05. The molecule has 1 fully saturated rings. The van der Waals surface area contributed by atoms with Crippen LogP contribution in [0.25, 0.3) is 0 Å². The summed E-state index contributed by atoms with van der Waals surface area (Å²) in [6.45, 7) is 6.15. The fourth-order valence-corrected chi connectivity index (χ4v) is 0.828. The van der Waals surface area contributed by atoms with Gasteiger partial charge in [-0.3, -0.25) is 4.79 Å². The maximum atomic E-state index is 10.3. The van der Waals surface area contributed by atoms with Crippen molar-refractivity contribution in [2.75, 3.05) is 19.6 Å². The van der Waals surface area contributed by atoms with Crippen molar-refractivity contribution in [1.29, 1.82) is 0 Å². The lowest BCUT2D eigenvalue weighted by atomic mass is 10.2. The molecule has 0 amide bonds. The molecule has 1 saturated heterocycles. The van der Waals surface area contributed by atoms with E-state index in [9.17, 15) is 4.79 Å². The molecule has 66 valence electrons. The van der Waals surface area contributed by atoms with Crippen LogP contribution >= 0.6 is 0 Å². The smallest absolute Gasteiger partial charge is 0.322 e. The molecule has 0 aromatic rings. The lowest BCUT2D eigenvalue weighted by Crippen LogP contribution is -2.52. The number of nitrogens with one attached hydrogen (secondary N) is 2. The fraction of sp³-hybridized carbons (Fsp3) is 0.857. The van der Waals surface area contributed by atoms with Crippen molar-refractivity contribution >= 4 is 5.97 Å². The lowest BCUT2D eigenvalue weighted by Gasteiger charge is -2.20. The molecule has 1 rings (SSSR count). The molecule has 0 bridgehead atoms. The average molecular weight is 160 g/mol. The highest BCUT2D eigenvalue weighted by Gasteiger charge is 2.18. The van der Waals surface area contributed by atoms with Gasteiger partial charge in [0.25, 0.3) is 0 Å². The molecule has 1 heterocycles. The molecule has 4 nitrogen and oxygen atoms in total. The molecule has 1 unspecified atom stereocenters. The van der Waals surface area contributed by atoms with Crippen LogP contribution in [0.3, 0.4) is 0 Å². The molecule has 0 aliphatic carbocycles. The van der Waals surface area contributed by atoms with E-state index in [4.69, 9.17) is 5.11 Å². The number of carbonyl (C=O) groups is 1. The van der Waals surface area contributed by atoms with Crippen LogP contribution in [0.5, 0.6) is 0 Å². The fourth-order valence-electron chi connectivity index (χ4n) is 0.828. The molecular formula is C7H16N2O2. The first kappa shape index (κ1) is 10.4. The molecule has 4 heteroatoms. The summed E-state index contributed by atoms with van der Waals surface area (Å²) in [5.74, 6) is -0.776. The van der Waals surface area contributed by atoms with Crippen LogP contribution in [-0.4, -0.2) is 36.8 Å². The van der Waals surface area contributed by atoms with E-state index in [-0.39, 0.29) is 0 Å². The van der Waals surface area contributed by atoms with E-state index in [1.165, 1.54) is 0 Å². The van der Waals surface area contributed by atoms with Gasteiger partial charge in [0.15, 0.2) is 0 Å². The number of aliphatic carboxylic acids is 1. The predicted molar refractivity (Wildman–Crippen MR) is 43.6 cm³/mol. The van der Waals surface area contributed by atoms with Gasteiger partial charge in [0.1, 0.15) is 6.04 Å². The number of hydrogen-bond acceptors (Lipinski definition) is 3. The highest BCUT2D eigenvalue weighted by molar-refractivity contribution is 5.73. The van der Waals surface area contributed by atoms with Gasteiger partial charge in [-0.2, -0.15) is 0 Å². The van der Waals surface area contributed by atoms with Gasteiger partial charge in [-0.1, -0.05) is 13.8 Å². The van der Waals surface area contributed by atoms with Crippen LogP contribution in [0.2, 0.25) is 0 Å². The standard InChI is InChI=1S/C5H10N2O2.C2H6/c8-5(9)4-3-6-1-2-7-4;1-2/h4,6-7H,1-3H2,(H,8,9);1-2H3. The Morgan fingerprint density at radius 2 is 2.09 bits per heavy atom. The zero-order valence-electron chi connectivity index (χ0n) is 7.05. The first-order valence-corrected chi connectivity index (χ1v) is 3.97. The summed E-state index contributed by atoms with van der Waals surface area (Å²) in [7, 11) is 0. The highest BCUT2D eigenvalue weighted by atomic mass is 16.4. The van der Waals surface area contributed by atoms with E-state index in [1.54, 1.807) is 0 Å². The minimum Gasteiger partial charge on any atom is -0.480 e. The number of piperazine rings is 1. The van der Waals surface area contributed by atoms with E-state index in [1.807, 2.05) is 13.8 Å². The summed E-state index contributed by atoms with van der Waals surface area (Å²) in [5.41, 5.74) is 0. The van der Waals surface area contributed by atoms with Crippen molar-refractivity contribution in [3.05, 3.63) is 0 Å². The van der Waals surface area contributed by atoms with E-state index in [2.05, 4.69) is 10.6 Å². The van der Waals surface area contributed by atoms with Crippen LogP contribution < -0.4 is 10.6 Å². The summed E-state index contributed by atoms with van der Waals surface area (Å²) < 4.78 is 0. The maximum absolute atomic E-state index is 10.3. The topological polar surface area (TPSA) is 61.4 Å². The van der Waals surface area contributed by atoms with Gasteiger partial charge in [-0.15, -0.1) is 0 Å². The first-order chi connectivity index (χ1) is 5.30. The molecule has 0 saturated carbocycles. The Morgan fingerprint density at radius 1 is 1.45 bits per heavy atom. The Morgan fingerprint density at radius 3 is 2.36 bits per heavy atom. The number of carboxylic acid groups (broad SMARTS) is 1. The summed E-state index contributed by atoms with van der Waals surface area (Å²) in [6.07, 6.45) is 0. The van der Waals surface area contributed by atoms with Crippen molar-refractivity contribution < 1.29 is 9.90 Å². The van der Waals surface area contributed by atoms with Gasteiger partial charge < -0.3 is 15.7 Å².